The molecule has 0 aromatic carbocycles. The smallest absolute Gasteiger partial charge is 0.297 e. The number of halogens is 1. The molecule has 0 aliphatic rings. The van der Waals surface area contributed by atoms with E-state index >= 15 is 0 Å². The van der Waals surface area contributed by atoms with E-state index in [1.165, 1.54) is 4.57 Å². The average Bonchev–Trinajstić information content (AvgIpc) is 2.19. The largest absolute Gasteiger partial charge is 0.329 e. The van der Waals surface area contributed by atoms with E-state index in [-0.39, 0.29) is 10.7 Å². The van der Waals surface area contributed by atoms with Crippen molar-refractivity contribution >= 4 is 11.6 Å². The normalized spacial score (nSPS) is 11.1. The number of nitrogens with one attached hydrogen (secondary N) is 1. The molecule has 1 aromatic rings. The molecule has 1 heterocycles. The van der Waals surface area contributed by atoms with Crippen LogP contribution in [-0.2, 0) is 6.54 Å². The van der Waals surface area contributed by atoms with Crippen LogP contribution in [0.1, 0.15) is 32.3 Å². The lowest BCUT2D eigenvalue weighted by molar-refractivity contribution is 0.494. The van der Waals surface area contributed by atoms with E-state index in [0.717, 1.165) is 12.8 Å². The molecule has 5 heteroatoms. The van der Waals surface area contributed by atoms with E-state index in [1.54, 1.807) is 6.92 Å². The van der Waals surface area contributed by atoms with E-state index in [0.29, 0.717) is 18.0 Å². The molecule has 4 nitrogen and oxygen atoms in total. The summed E-state index contributed by atoms with van der Waals surface area (Å²) in [5.41, 5.74) is -0.326. The Morgan fingerprint density at radius 2 is 2.00 bits per heavy atom. The monoisotopic (exact) mass is 244 g/mol. The van der Waals surface area contributed by atoms with Crippen LogP contribution >= 0.6 is 11.6 Å². The van der Waals surface area contributed by atoms with E-state index in [9.17, 15) is 9.59 Å². The highest BCUT2D eigenvalue weighted by atomic mass is 35.5. The highest BCUT2D eigenvalue weighted by molar-refractivity contribution is 6.30. The predicted molar refractivity (Wildman–Crippen MR) is 65.1 cm³/mol. The lowest BCUT2D eigenvalue weighted by atomic mass is 10.1. The first-order chi connectivity index (χ1) is 7.43. The molecule has 0 aliphatic carbocycles. The molecule has 0 saturated carbocycles. The quantitative estimate of drug-likeness (QED) is 0.823. The van der Waals surface area contributed by atoms with Gasteiger partial charge in [-0.15, -0.1) is 0 Å². The van der Waals surface area contributed by atoms with Crippen LogP contribution in [0.5, 0.6) is 0 Å². The fraction of sp³-hybridized carbons (Fsp3) is 0.636. The first-order valence-corrected chi connectivity index (χ1v) is 5.80. The highest BCUT2D eigenvalue weighted by Crippen LogP contribution is 2.05. The molecule has 1 aromatic heterocycles. The van der Waals surface area contributed by atoms with Gasteiger partial charge in [0.2, 0.25) is 0 Å². The molecule has 16 heavy (non-hydrogen) atoms. The SMILES string of the molecule is Cc1c(Cl)[nH]c(=O)n(CCCC(C)C)c1=O. The third-order valence-electron chi connectivity index (χ3n) is 2.52. The number of aromatic nitrogens is 2. The summed E-state index contributed by atoms with van der Waals surface area (Å²) < 4.78 is 1.21. The van der Waals surface area contributed by atoms with Crippen LogP contribution in [0.25, 0.3) is 0 Å². The van der Waals surface area contributed by atoms with E-state index in [1.807, 2.05) is 0 Å². The molecule has 1 rings (SSSR count). The van der Waals surface area contributed by atoms with Gasteiger partial charge in [0.25, 0.3) is 5.56 Å². The molecule has 1 N–H and O–H groups in total. The summed E-state index contributed by atoms with van der Waals surface area (Å²) in [6, 6.07) is 0. The van der Waals surface area contributed by atoms with Crippen molar-refractivity contribution in [3.63, 3.8) is 0 Å². The van der Waals surface area contributed by atoms with Gasteiger partial charge in [0.1, 0.15) is 5.15 Å². The first kappa shape index (κ1) is 13.0. The maximum Gasteiger partial charge on any atom is 0.329 e. The number of hydrogen-bond donors (Lipinski definition) is 1. The Balaban J connectivity index is 2.93. The predicted octanol–water partition coefficient (Wildman–Crippen LogP) is 1.93. The maximum absolute atomic E-state index is 11.7. The summed E-state index contributed by atoms with van der Waals surface area (Å²) in [4.78, 5) is 25.7. The second kappa shape index (κ2) is 5.34. The molecular formula is C11H17ClN2O2. The Morgan fingerprint density at radius 3 is 2.56 bits per heavy atom. The summed E-state index contributed by atoms with van der Waals surface area (Å²) in [5.74, 6) is 0.572. The van der Waals surface area contributed by atoms with Crippen molar-refractivity contribution in [2.24, 2.45) is 5.92 Å². The van der Waals surface area contributed by atoms with Crippen molar-refractivity contribution < 1.29 is 0 Å². The summed E-state index contributed by atoms with van der Waals surface area (Å²) in [6.45, 7) is 6.28. The minimum Gasteiger partial charge on any atom is -0.297 e. The van der Waals surface area contributed by atoms with Crippen LogP contribution in [0.3, 0.4) is 0 Å². The van der Waals surface area contributed by atoms with Gasteiger partial charge in [-0.3, -0.25) is 14.3 Å². The first-order valence-electron chi connectivity index (χ1n) is 5.42. The third-order valence-corrected chi connectivity index (χ3v) is 2.90. The molecule has 90 valence electrons. The van der Waals surface area contributed by atoms with E-state index in [4.69, 9.17) is 11.6 Å². The van der Waals surface area contributed by atoms with Gasteiger partial charge in [-0.1, -0.05) is 25.4 Å². The topological polar surface area (TPSA) is 54.9 Å². The molecule has 0 saturated heterocycles. The molecule has 0 aliphatic heterocycles. The minimum atomic E-state index is -0.427. The van der Waals surface area contributed by atoms with Crippen molar-refractivity contribution in [2.45, 2.75) is 40.2 Å². The molecular weight excluding hydrogens is 228 g/mol. The summed E-state index contributed by atoms with van der Waals surface area (Å²) in [6.07, 6.45) is 1.81. The third kappa shape index (κ3) is 2.98. The zero-order valence-electron chi connectivity index (χ0n) is 9.84. The van der Waals surface area contributed by atoms with Gasteiger partial charge in [0.05, 0.1) is 0 Å². The zero-order chi connectivity index (χ0) is 12.3. The van der Waals surface area contributed by atoms with E-state index in [2.05, 4.69) is 18.8 Å². The second-order valence-corrected chi connectivity index (χ2v) is 4.74. The van der Waals surface area contributed by atoms with Crippen molar-refractivity contribution in [2.75, 3.05) is 0 Å². The molecule has 0 fully saturated rings. The molecule has 0 spiro atoms. The summed E-state index contributed by atoms with van der Waals surface area (Å²) >= 11 is 5.71. The van der Waals surface area contributed by atoms with E-state index < -0.39 is 5.69 Å². The van der Waals surface area contributed by atoms with Crippen LogP contribution in [-0.4, -0.2) is 9.55 Å². The Hall–Kier alpha value is -1.03. The van der Waals surface area contributed by atoms with Crippen molar-refractivity contribution in [1.82, 2.24) is 9.55 Å². The molecule has 0 amide bonds. The van der Waals surface area contributed by atoms with Gasteiger partial charge in [-0.2, -0.15) is 0 Å². The molecule has 0 unspecified atom stereocenters. The van der Waals surface area contributed by atoms with Gasteiger partial charge in [-0.05, 0) is 25.7 Å². The number of hydrogen-bond acceptors (Lipinski definition) is 2. The van der Waals surface area contributed by atoms with Crippen LogP contribution in [0.4, 0.5) is 0 Å². The van der Waals surface area contributed by atoms with Crippen molar-refractivity contribution in [3.8, 4) is 0 Å². The molecule has 0 bridgehead atoms. The van der Waals surface area contributed by atoms with Gasteiger partial charge >= 0.3 is 5.69 Å². The Bertz CT molecular complexity index is 474. The second-order valence-electron chi connectivity index (χ2n) is 4.36. The summed E-state index contributed by atoms with van der Waals surface area (Å²) in [5, 5.41) is 0.134. The fourth-order valence-electron chi connectivity index (χ4n) is 1.50. The number of aromatic amines is 1. The van der Waals surface area contributed by atoms with Crippen molar-refractivity contribution in [3.05, 3.63) is 31.6 Å². The maximum atomic E-state index is 11.7. The minimum absolute atomic E-state index is 0.134. The van der Waals surface area contributed by atoms with Gasteiger partial charge in [0, 0.05) is 12.1 Å². The fourth-order valence-corrected chi connectivity index (χ4v) is 1.67. The van der Waals surface area contributed by atoms with Crippen LogP contribution < -0.4 is 11.2 Å². The Kier molecular flexibility index (Phi) is 4.35. The van der Waals surface area contributed by atoms with Crippen molar-refractivity contribution in [1.29, 1.82) is 0 Å². The van der Waals surface area contributed by atoms with Gasteiger partial charge < -0.3 is 0 Å². The highest BCUT2D eigenvalue weighted by Gasteiger charge is 2.08. The lowest BCUT2D eigenvalue weighted by Gasteiger charge is -2.07. The standard InChI is InChI=1S/C11H17ClN2O2/c1-7(2)5-4-6-14-10(15)8(3)9(12)13-11(14)16/h7H,4-6H2,1-3H3,(H,13,16). The molecule has 0 radical (unpaired) electrons. The van der Waals surface area contributed by atoms with Crippen LogP contribution in [0.2, 0.25) is 5.15 Å². The van der Waals surface area contributed by atoms with Crippen LogP contribution in [0.15, 0.2) is 9.59 Å². The zero-order valence-corrected chi connectivity index (χ0v) is 10.6. The Labute approximate surface area is 99.3 Å². The number of rotatable bonds is 4. The number of H-pyrrole nitrogens is 1. The van der Waals surface area contributed by atoms with Gasteiger partial charge in [0.15, 0.2) is 0 Å². The van der Waals surface area contributed by atoms with Crippen LogP contribution in [0, 0.1) is 12.8 Å². The average molecular weight is 245 g/mol. The van der Waals surface area contributed by atoms with Gasteiger partial charge in [-0.25, -0.2) is 4.79 Å². The Morgan fingerprint density at radius 1 is 1.38 bits per heavy atom. The number of nitrogens with zero attached hydrogens (tertiary/aromatic N) is 1. The molecule has 0 atom stereocenters. The lowest BCUT2D eigenvalue weighted by Crippen LogP contribution is -2.36. The summed E-state index contributed by atoms with van der Waals surface area (Å²) in [7, 11) is 0.